The summed E-state index contributed by atoms with van der Waals surface area (Å²) in [5.41, 5.74) is 7.90. The average molecular weight is 404 g/mol. The van der Waals surface area contributed by atoms with Gasteiger partial charge in [-0.15, -0.1) is 11.3 Å². The maximum Gasteiger partial charge on any atom is 0.193 e. The molecule has 1 aromatic heterocycles. The van der Waals surface area contributed by atoms with Crippen LogP contribution in [0.1, 0.15) is 32.4 Å². The van der Waals surface area contributed by atoms with E-state index in [4.69, 9.17) is 20.2 Å². The van der Waals surface area contributed by atoms with Gasteiger partial charge >= 0.3 is 0 Å². The van der Waals surface area contributed by atoms with Crippen molar-refractivity contribution in [3.8, 4) is 11.5 Å². The molecule has 3 N–H and O–H groups in total. The SMILES string of the molecule is CCOc1ccc(OCC)c(NC(N)=NCCc2csc(N3CCCC3)n2)c1. The van der Waals surface area contributed by atoms with E-state index in [-0.39, 0.29) is 0 Å². The minimum Gasteiger partial charge on any atom is -0.494 e. The number of thiazole rings is 1. The van der Waals surface area contributed by atoms with Gasteiger partial charge in [-0.25, -0.2) is 4.98 Å². The lowest BCUT2D eigenvalue weighted by Gasteiger charge is -2.14. The smallest absolute Gasteiger partial charge is 0.193 e. The van der Waals surface area contributed by atoms with E-state index in [0.717, 1.165) is 47.5 Å². The van der Waals surface area contributed by atoms with Crippen molar-refractivity contribution in [2.75, 3.05) is 43.1 Å². The third-order valence-electron chi connectivity index (χ3n) is 4.39. The number of hydrogen-bond acceptors (Lipinski definition) is 6. The Morgan fingerprint density at radius 2 is 2.04 bits per heavy atom. The largest absolute Gasteiger partial charge is 0.494 e. The van der Waals surface area contributed by atoms with Gasteiger partial charge in [-0.3, -0.25) is 4.99 Å². The van der Waals surface area contributed by atoms with E-state index < -0.39 is 0 Å². The number of anilines is 2. The van der Waals surface area contributed by atoms with Crippen LogP contribution in [0, 0.1) is 0 Å². The van der Waals surface area contributed by atoms with Crippen LogP contribution in [-0.2, 0) is 6.42 Å². The molecular weight excluding hydrogens is 374 g/mol. The second kappa shape index (κ2) is 10.2. The Balaban J connectivity index is 1.57. The quantitative estimate of drug-likeness (QED) is 0.492. The first-order chi connectivity index (χ1) is 13.7. The van der Waals surface area contributed by atoms with Crippen molar-refractivity contribution >= 4 is 28.1 Å². The normalized spacial score (nSPS) is 14.4. The molecule has 0 spiro atoms. The van der Waals surface area contributed by atoms with E-state index in [9.17, 15) is 0 Å². The number of aromatic nitrogens is 1. The first-order valence-corrected chi connectivity index (χ1v) is 10.7. The number of aliphatic imine (C=N–C) groups is 1. The molecule has 1 aliphatic rings. The number of hydrogen-bond donors (Lipinski definition) is 2. The molecule has 1 aromatic carbocycles. The van der Waals surface area contributed by atoms with Crippen molar-refractivity contribution < 1.29 is 9.47 Å². The molecule has 7 nitrogen and oxygen atoms in total. The number of guanidine groups is 1. The van der Waals surface area contributed by atoms with Crippen LogP contribution >= 0.6 is 11.3 Å². The highest BCUT2D eigenvalue weighted by molar-refractivity contribution is 7.13. The maximum atomic E-state index is 6.08. The van der Waals surface area contributed by atoms with Gasteiger partial charge in [0.1, 0.15) is 11.5 Å². The molecule has 1 aliphatic heterocycles. The van der Waals surface area contributed by atoms with Gasteiger partial charge in [-0.05, 0) is 38.8 Å². The van der Waals surface area contributed by atoms with E-state index in [2.05, 4.69) is 20.6 Å². The zero-order valence-corrected chi connectivity index (χ0v) is 17.4. The summed E-state index contributed by atoms with van der Waals surface area (Å²) in [6.07, 6.45) is 3.29. The van der Waals surface area contributed by atoms with Crippen LogP contribution in [0.4, 0.5) is 10.8 Å². The van der Waals surface area contributed by atoms with Gasteiger partial charge in [0, 0.05) is 37.5 Å². The van der Waals surface area contributed by atoms with Crippen molar-refractivity contribution in [1.82, 2.24) is 4.98 Å². The number of nitrogens with zero attached hydrogens (tertiary/aromatic N) is 3. The molecule has 2 heterocycles. The van der Waals surface area contributed by atoms with Crippen LogP contribution in [0.25, 0.3) is 0 Å². The van der Waals surface area contributed by atoms with Gasteiger partial charge in [0.25, 0.3) is 0 Å². The molecule has 2 aromatic rings. The van der Waals surface area contributed by atoms with Crippen LogP contribution in [0.5, 0.6) is 11.5 Å². The third kappa shape index (κ3) is 5.51. The first kappa shape index (κ1) is 20.3. The number of ether oxygens (including phenoxy) is 2. The van der Waals surface area contributed by atoms with Crippen molar-refractivity contribution in [3.05, 3.63) is 29.3 Å². The molecule has 1 fully saturated rings. The molecule has 1 saturated heterocycles. The van der Waals surface area contributed by atoms with Crippen LogP contribution in [0.15, 0.2) is 28.6 Å². The molecule has 8 heteroatoms. The Morgan fingerprint density at radius 3 is 2.79 bits per heavy atom. The zero-order valence-electron chi connectivity index (χ0n) is 16.6. The standard InChI is InChI=1S/C20H29N5O2S/c1-3-26-16-7-8-18(27-4-2)17(13-16)24-19(21)22-10-9-15-14-28-20(23-15)25-11-5-6-12-25/h7-8,13-14H,3-6,9-12H2,1-2H3,(H3,21,22,24). The Hall–Kier alpha value is -2.48. The van der Waals surface area contributed by atoms with Crippen LogP contribution < -0.4 is 25.4 Å². The summed E-state index contributed by atoms with van der Waals surface area (Å²) in [7, 11) is 0. The van der Waals surface area contributed by atoms with Crippen molar-refractivity contribution in [1.29, 1.82) is 0 Å². The second-order valence-corrected chi connectivity index (χ2v) is 7.32. The predicted octanol–water partition coefficient (Wildman–Crippen LogP) is 3.51. The van der Waals surface area contributed by atoms with Crippen molar-refractivity contribution in [2.45, 2.75) is 33.1 Å². The molecule has 28 heavy (non-hydrogen) atoms. The topological polar surface area (TPSA) is 85.0 Å². The highest BCUT2D eigenvalue weighted by Crippen LogP contribution is 2.29. The van der Waals surface area contributed by atoms with Gasteiger partial charge in [0.05, 0.1) is 24.6 Å². The summed E-state index contributed by atoms with van der Waals surface area (Å²) in [5, 5.41) is 6.37. The van der Waals surface area contributed by atoms with Gasteiger partial charge in [-0.2, -0.15) is 0 Å². The minimum atomic E-state index is 0.351. The lowest BCUT2D eigenvalue weighted by molar-refractivity contribution is 0.332. The molecule has 0 aliphatic carbocycles. The molecule has 0 unspecified atom stereocenters. The fourth-order valence-corrected chi connectivity index (χ4v) is 3.99. The summed E-state index contributed by atoms with van der Waals surface area (Å²) in [5.74, 6) is 1.83. The van der Waals surface area contributed by atoms with Gasteiger partial charge in [0.2, 0.25) is 0 Å². The molecule has 0 bridgehead atoms. The Labute approximate surface area is 170 Å². The fraction of sp³-hybridized carbons (Fsp3) is 0.500. The average Bonchev–Trinajstić information content (AvgIpc) is 3.36. The Morgan fingerprint density at radius 1 is 1.25 bits per heavy atom. The molecule has 0 amide bonds. The molecule has 0 saturated carbocycles. The maximum absolute atomic E-state index is 6.08. The van der Waals surface area contributed by atoms with E-state index in [1.165, 1.54) is 12.8 Å². The monoisotopic (exact) mass is 403 g/mol. The predicted molar refractivity (Wildman–Crippen MR) is 116 cm³/mol. The second-order valence-electron chi connectivity index (χ2n) is 6.48. The molecule has 3 rings (SSSR count). The molecular formula is C20H29N5O2S. The number of nitrogens with two attached hydrogens (primary N) is 1. The molecule has 0 radical (unpaired) electrons. The van der Waals surface area contributed by atoms with Crippen LogP contribution in [0.2, 0.25) is 0 Å². The van der Waals surface area contributed by atoms with E-state index in [1.54, 1.807) is 11.3 Å². The van der Waals surface area contributed by atoms with E-state index >= 15 is 0 Å². The molecule has 152 valence electrons. The third-order valence-corrected chi connectivity index (χ3v) is 5.34. The first-order valence-electron chi connectivity index (χ1n) is 9.85. The van der Waals surface area contributed by atoms with Gasteiger partial charge in [0.15, 0.2) is 11.1 Å². The minimum absolute atomic E-state index is 0.351. The lowest BCUT2D eigenvalue weighted by Crippen LogP contribution is -2.23. The summed E-state index contributed by atoms with van der Waals surface area (Å²) >= 11 is 1.71. The van der Waals surface area contributed by atoms with Crippen molar-refractivity contribution in [2.24, 2.45) is 10.7 Å². The fourth-order valence-electron chi connectivity index (χ4n) is 3.08. The summed E-state index contributed by atoms with van der Waals surface area (Å²) < 4.78 is 11.2. The number of nitrogens with one attached hydrogen (secondary N) is 1. The van der Waals surface area contributed by atoms with Crippen molar-refractivity contribution in [3.63, 3.8) is 0 Å². The van der Waals surface area contributed by atoms with Crippen LogP contribution in [0.3, 0.4) is 0 Å². The van der Waals surface area contributed by atoms with Gasteiger partial charge < -0.3 is 25.4 Å². The van der Waals surface area contributed by atoms with E-state index in [1.807, 2.05) is 32.0 Å². The summed E-state index contributed by atoms with van der Waals surface area (Å²) in [6.45, 7) is 7.88. The Bertz CT molecular complexity index is 787. The summed E-state index contributed by atoms with van der Waals surface area (Å²) in [6, 6.07) is 5.63. The highest BCUT2D eigenvalue weighted by atomic mass is 32.1. The Kier molecular flexibility index (Phi) is 7.36. The number of benzene rings is 1. The molecule has 0 atom stereocenters. The zero-order chi connectivity index (χ0) is 19.8. The lowest BCUT2D eigenvalue weighted by atomic mass is 10.2. The highest BCUT2D eigenvalue weighted by Gasteiger charge is 2.15. The van der Waals surface area contributed by atoms with Crippen LogP contribution in [-0.4, -0.2) is 43.8 Å². The number of rotatable bonds is 9. The van der Waals surface area contributed by atoms with Gasteiger partial charge in [-0.1, -0.05) is 0 Å². The summed E-state index contributed by atoms with van der Waals surface area (Å²) in [4.78, 5) is 11.5. The van der Waals surface area contributed by atoms with E-state index in [0.29, 0.717) is 25.7 Å².